The minimum absolute atomic E-state index is 0.0190. The van der Waals surface area contributed by atoms with Gasteiger partial charge in [-0.3, -0.25) is 4.79 Å². The fourth-order valence-electron chi connectivity index (χ4n) is 2.35. The van der Waals surface area contributed by atoms with E-state index >= 15 is 0 Å². The first kappa shape index (κ1) is 13.9. The van der Waals surface area contributed by atoms with Gasteiger partial charge in [0.1, 0.15) is 5.75 Å². The van der Waals surface area contributed by atoms with E-state index in [2.05, 4.69) is 24.5 Å². The van der Waals surface area contributed by atoms with E-state index < -0.39 is 0 Å². The number of ether oxygens (including phenoxy) is 1. The normalized spacial score (nSPS) is 14.9. The SMILES string of the molecule is CNCC(C(=O)Nc1ccc2c(c1)CCO2)C(C)C. The van der Waals surface area contributed by atoms with Crippen LogP contribution in [0.4, 0.5) is 5.69 Å². The zero-order chi connectivity index (χ0) is 13.8. The van der Waals surface area contributed by atoms with Crippen LogP contribution in [0.2, 0.25) is 0 Å². The number of carbonyl (C=O) groups excluding carboxylic acids is 1. The van der Waals surface area contributed by atoms with Crippen molar-refractivity contribution in [1.82, 2.24) is 5.32 Å². The smallest absolute Gasteiger partial charge is 0.229 e. The number of hydrogen-bond acceptors (Lipinski definition) is 3. The molecule has 1 aromatic carbocycles. The van der Waals surface area contributed by atoms with Crippen LogP contribution in [0.5, 0.6) is 5.75 Å². The molecule has 0 aliphatic carbocycles. The van der Waals surface area contributed by atoms with Crippen molar-refractivity contribution in [2.75, 3.05) is 25.5 Å². The summed E-state index contributed by atoms with van der Waals surface area (Å²) in [4.78, 5) is 12.3. The van der Waals surface area contributed by atoms with Crippen LogP contribution in [-0.2, 0) is 11.2 Å². The van der Waals surface area contributed by atoms with Crippen molar-refractivity contribution in [3.8, 4) is 5.75 Å². The Bertz CT molecular complexity index is 457. The highest BCUT2D eigenvalue weighted by Gasteiger charge is 2.22. The van der Waals surface area contributed by atoms with Crippen LogP contribution >= 0.6 is 0 Å². The minimum atomic E-state index is -0.0190. The van der Waals surface area contributed by atoms with Gasteiger partial charge in [0.15, 0.2) is 0 Å². The lowest BCUT2D eigenvalue weighted by Crippen LogP contribution is -2.34. The third-order valence-corrected chi connectivity index (χ3v) is 3.52. The Labute approximate surface area is 114 Å². The molecule has 0 bridgehead atoms. The summed E-state index contributed by atoms with van der Waals surface area (Å²) in [6, 6.07) is 5.84. The first-order valence-corrected chi connectivity index (χ1v) is 6.83. The molecule has 0 aromatic heterocycles. The molecule has 2 N–H and O–H groups in total. The van der Waals surface area contributed by atoms with Crippen molar-refractivity contribution in [3.63, 3.8) is 0 Å². The Morgan fingerprint density at radius 2 is 2.21 bits per heavy atom. The Balaban J connectivity index is 2.05. The monoisotopic (exact) mass is 262 g/mol. The molecule has 0 fully saturated rings. The van der Waals surface area contributed by atoms with Gasteiger partial charge in [0.05, 0.1) is 12.5 Å². The number of anilines is 1. The molecule has 4 nitrogen and oxygen atoms in total. The lowest BCUT2D eigenvalue weighted by molar-refractivity contribution is -0.120. The maximum absolute atomic E-state index is 12.3. The summed E-state index contributed by atoms with van der Waals surface area (Å²) < 4.78 is 5.46. The van der Waals surface area contributed by atoms with Gasteiger partial charge >= 0.3 is 0 Å². The van der Waals surface area contributed by atoms with Crippen molar-refractivity contribution in [2.24, 2.45) is 11.8 Å². The third kappa shape index (κ3) is 3.26. The summed E-state index contributed by atoms with van der Waals surface area (Å²) in [6.45, 7) is 5.56. The molecule has 19 heavy (non-hydrogen) atoms. The van der Waals surface area contributed by atoms with Crippen molar-refractivity contribution in [2.45, 2.75) is 20.3 Å². The molecule has 0 saturated carbocycles. The molecule has 1 atom stereocenters. The Kier molecular flexibility index (Phi) is 4.43. The molecular formula is C15H22N2O2. The maximum atomic E-state index is 12.3. The number of hydrogen-bond donors (Lipinski definition) is 2. The first-order valence-electron chi connectivity index (χ1n) is 6.83. The number of rotatable bonds is 5. The van der Waals surface area contributed by atoms with E-state index in [1.807, 2.05) is 25.2 Å². The molecular weight excluding hydrogens is 240 g/mol. The Morgan fingerprint density at radius 1 is 1.42 bits per heavy atom. The van der Waals surface area contributed by atoms with Crippen molar-refractivity contribution in [3.05, 3.63) is 23.8 Å². The summed E-state index contributed by atoms with van der Waals surface area (Å²) in [5.41, 5.74) is 2.03. The second kappa shape index (κ2) is 6.06. The van der Waals surface area contributed by atoms with E-state index in [-0.39, 0.29) is 11.8 Å². The number of nitrogens with one attached hydrogen (secondary N) is 2. The average molecular weight is 262 g/mol. The molecule has 2 rings (SSSR count). The van der Waals surface area contributed by atoms with Gasteiger partial charge in [-0.15, -0.1) is 0 Å². The molecule has 0 spiro atoms. The van der Waals surface area contributed by atoms with Crippen molar-refractivity contribution < 1.29 is 9.53 Å². The minimum Gasteiger partial charge on any atom is -0.493 e. The largest absolute Gasteiger partial charge is 0.493 e. The van der Waals surface area contributed by atoms with Crippen LogP contribution in [0.1, 0.15) is 19.4 Å². The van der Waals surface area contributed by atoms with Crippen LogP contribution in [0, 0.1) is 11.8 Å². The van der Waals surface area contributed by atoms with E-state index in [1.54, 1.807) is 0 Å². The van der Waals surface area contributed by atoms with Crippen molar-refractivity contribution in [1.29, 1.82) is 0 Å². The predicted molar refractivity (Wildman–Crippen MR) is 76.5 cm³/mol. The zero-order valence-corrected chi connectivity index (χ0v) is 11.8. The van der Waals surface area contributed by atoms with E-state index in [0.717, 1.165) is 24.5 Å². The zero-order valence-electron chi connectivity index (χ0n) is 11.8. The van der Waals surface area contributed by atoms with E-state index in [0.29, 0.717) is 12.5 Å². The van der Waals surface area contributed by atoms with Gasteiger partial charge in [-0.1, -0.05) is 13.8 Å². The highest BCUT2D eigenvalue weighted by Crippen LogP contribution is 2.28. The van der Waals surface area contributed by atoms with Crippen molar-refractivity contribution >= 4 is 11.6 Å². The quantitative estimate of drug-likeness (QED) is 0.854. The molecule has 1 amide bonds. The first-order chi connectivity index (χ1) is 9.11. The predicted octanol–water partition coefficient (Wildman–Crippen LogP) is 2.05. The standard InChI is InChI=1S/C15H22N2O2/c1-10(2)13(9-16-3)15(18)17-12-4-5-14-11(8-12)6-7-19-14/h4-5,8,10,13,16H,6-7,9H2,1-3H3,(H,17,18). The molecule has 104 valence electrons. The third-order valence-electron chi connectivity index (χ3n) is 3.52. The number of fused-ring (bicyclic) bond motifs is 1. The van der Waals surface area contributed by atoms with E-state index in [4.69, 9.17) is 4.74 Å². The molecule has 1 unspecified atom stereocenters. The topological polar surface area (TPSA) is 50.4 Å². The summed E-state index contributed by atoms with van der Waals surface area (Å²) in [7, 11) is 1.87. The second-order valence-corrected chi connectivity index (χ2v) is 5.32. The van der Waals surface area contributed by atoms with Crippen LogP contribution in [0.15, 0.2) is 18.2 Å². The van der Waals surface area contributed by atoms with Gasteiger partial charge in [0.25, 0.3) is 0 Å². The van der Waals surface area contributed by atoms with Crippen LogP contribution in [0.25, 0.3) is 0 Å². The van der Waals surface area contributed by atoms with Gasteiger partial charge in [0, 0.05) is 18.7 Å². The van der Waals surface area contributed by atoms with E-state index in [9.17, 15) is 4.79 Å². The summed E-state index contributed by atoms with van der Waals surface area (Å²) in [5, 5.41) is 6.08. The number of carbonyl (C=O) groups is 1. The lowest BCUT2D eigenvalue weighted by atomic mass is 9.94. The van der Waals surface area contributed by atoms with E-state index in [1.165, 1.54) is 5.56 Å². The molecule has 0 saturated heterocycles. The Morgan fingerprint density at radius 3 is 2.89 bits per heavy atom. The summed E-state index contributed by atoms with van der Waals surface area (Å²) in [6.07, 6.45) is 0.920. The molecule has 4 heteroatoms. The van der Waals surface area contributed by atoms with Gasteiger partial charge in [-0.2, -0.15) is 0 Å². The van der Waals surface area contributed by atoms with Crippen LogP contribution in [-0.4, -0.2) is 26.1 Å². The van der Waals surface area contributed by atoms with Gasteiger partial charge in [-0.05, 0) is 36.7 Å². The summed E-state index contributed by atoms with van der Waals surface area (Å²) >= 11 is 0. The Hall–Kier alpha value is -1.55. The summed E-state index contributed by atoms with van der Waals surface area (Å²) in [5.74, 6) is 1.30. The van der Waals surface area contributed by atoms with Crippen LogP contribution in [0.3, 0.4) is 0 Å². The number of benzene rings is 1. The fourth-order valence-corrected chi connectivity index (χ4v) is 2.35. The molecule has 0 radical (unpaired) electrons. The van der Waals surface area contributed by atoms with Gasteiger partial charge in [-0.25, -0.2) is 0 Å². The number of amides is 1. The maximum Gasteiger partial charge on any atom is 0.229 e. The lowest BCUT2D eigenvalue weighted by Gasteiger charge is -2.20. The van der Waals surface area contributed by atoms with Gasteiger partial charge in [0.2, 0.25) is 5.91 Å². The molecule has 1 heterocycles. The average Bonchev–Trinajstić information content (AvgIpc) is 2.82. The second-order valence-electron chi connectivity index (χ2n) is 5.32. The molecule has 1 aliphatic rings. The van der Waals surface area contributed by atoms with Crippen LogP contribution < -0.4 is 15.4 Å². The highest BCUT2D eigenvalue weighted by atomic mass is 16.5. The highest BCUT2D eigenvalue weighted by molar-refractivity contribution is 5.93. The fraction of sp³-hybridized carbons (Fsp3) is 0.533. The van der Waals surface area contributed by atoms with Gasteiger partial charge < -0.3 is 15.4 Å². The molecule has 1 aromatic rings. The molecule has 1 aliphatic heterocycles.